The highest BCUT2D eigenvalue weighted by atomic mass is 35.5. The summed E-state index contributed by atoms with van der Waals surface area (Å²) in [6.07, 6.45) is 0. The van der Waals surface area contributed by atoms with Crippen LogP contribution in [0.4, 0.5) is 0 Å². The van der Waals surface area contributed by atoms with Crippen LogP contribution in [-0.4, -0.2) is 58.1 Å². The highest BCUT2D eigenvalue weighted by molar-refractivity contribution is 5.85. The van der Waals surface area contributed by atoms with Crippen LogP contribution in [0.5, 0.6) is 0 Å². The van der Waals surface area contributed by atoms with Crippen molar-refractivity contribution in [1.29, 1.82) is 0 Å². The molecule has 3 atom stereocenters. The fraction of sp³-hybridized carbons (Fsp3) is 0.550. The Labute approximate surface area is 184 Å². The second-order valence-electron chi connectivity index (χ2n) is 7.51. The van der Waals surface area contributed by atoms with Gasteiger partial charge in [-0.3, -0.25) is 9.69 Å². The zero-order chi connectivity index (χ0) is 19.6. The van der Waals surface area contributed by atoms with Crippen molar-refractivity contribution < 1.29 is 9.32 Å². The average molecular weight is 444 g/mol. The molecular formula is C20H31Cl2N5O2. The summed E-state index contributed by atoms with van der Waals surface area (Å²) < 4.78 is 5.51. The topological polar surface area (TPSA) is 88.5 Å². The number of hydrogen-bond donors (Lipinski definition) is 1. The molecule has 0 aliphatic carbocycles. The van der Waals surface area contributed by atoms with Crippen LogP contribution in [-0.2, 0) is 4.79 Å². The predicted molar refractivity (Wildman–Crippen MR) is 118 cm³/mol. The van der Waals surface area contributed by atoms with E-state index in [4.69, 9.17) is 10.3 Å². The molecule has 1 aliphatic heterocycles. The van der Waals surface area contributed by atoms with Crippen LogP contribution in [0.15, 0.2) is 28.8 Å². The van der Waals surface area contributed by atoms with Gasteiger partial charge in [0.2, 0.25) is 17.6 Å². The molecule has 1 fully saturated rings. The Kier molecular flexibility index (Phi) is 9.55. The van der Waals surface area contributed by atoms with E-state index in [1.54, 1.807) is 0 Å². The number of nitrogens with two attached hydrogens (primary N) is 1. The summed E-state index contributed by atoms with van der Waals surface area (Å²) in [5.41, 5.74) is 8.01. The summed E-state index contributed by atoms with van der Waals surface area (Å²) in [5.74, 6) is 1.20. The molecule has 2 N–H and O–H groups in total. The van der Waals surface area contributed by atoms with Gasteiger partial charge >= 0.3 is 0 Å². The quantitative estimate of drug-likeness (QED) is 0.763. The summed E-state index contributed by atoms with van der Waals surface area (Å²) in [5, 5.41) is 4.13. The van der Waals surface area contributed by atoms with E-state index in [0.29, 0.717) is 24.8 Å². The van der Waals surface area contributed by atoms with E-state index in [-0.39, 0.29) is 48.7 Å². The molecular weight excluding hydrogens is 413 g/mol. The second kappa shape index (κ2) is 10.9. The molecule has 1 saturated heterocycles. The Hall–Kier alpha value is -1.67. The zero-order valence-electron chi connectivity index (χ0n) is 17.4. The first kappa shape index (κ1) is 25.4. The first-order chi connectivity index (χ1) is 12.9. The van der Waals surface area contributed by atoms with Crippen molar-refractivity contribution in [1.82, 2.24) is 19.9 Å². The van der Waals surface area contributed by atoms with Gasteiger partial charge in [0.25, 0.3) is 0 Å². The number of halogens is 2. The van der Waals surface area contributed by atoms with Crippen molar-refractivity contribution in [2.75, 3.05) is 26.2 Å². The number of benzene rings is 1. The molecule has 1 aromatic heterocycles. The summed E-state index contributed by atoms with van der Waals surface area (Å²) in [6.45, 7) is 10.8. The molecule has 1 aromatic carbocycles. The Morgan fingerprint density at radius 1 is 1.07 bits per heavy atom. The minimum absolute atomic E-state index is 0. The van der Waals surface area contributed by atoms with Crippen LogP contribution in [0.2, 0.25) is 0 Å². The number of carbonyl (C=O) groups is 1. The van der Waals surface area contributed by atoms with E-state index in [0.717, 1.165) is 18.7 Å². The monoisotopic (exact) mass is 443 g/mol. The molecule has 3 unspecified atom stereocenters. The van der Waals surface area contributed by atoms with E-state index >= 15 is 0 Å². The van der Waals surface area contributed by atoms with E-state index in [1.807, 2.05) is 49.9 Å². The van der Waals surface area contributed by atoms with Crippen molar-refractivity contribution in [3.63, 3.8) is 0 Å². The molecule has 9 heteroatoms. The van der Waals surface area contributed by atoms with E-state index in [2.05, 4.69) is 22.0 Å². The fourth-order valence-electron chi connectivity index (χ4n) is 3.22. The number of aromatic nitrogens is 2. The van der Waals surface area contributed by atoms with Crippen molar-refractivity contribution in [3.8, 4) is 11.4 Å². The summed E-state index contributed by atoms with van der Waals surface area (Å²) in [6, 6.07) is 7.95. The van der Waals surface area contributed by atoms with E-state index in [9.17, 15) is 4.79 Å². The molecule has 0 bridgehead atoms. The van der Waals surface area contributed by atoms with E-state index in [1.165, 1.54) is 5.56 Å². The third kappa shape index (κ3) is 5.92. The van der Waals surface area contributed by atoms with Crippen molar-refractivity contribution in [2.24, 2.45) is 11.7 Å². The number of nitrogens with zero attached hydrogens (tertiary/aromatic N) is 4. The maximum Gasteiger partial charge on any atom is 0.244 e. The fourth-order valence-corrected chi connectivity index (χ4v) is 3.22. The van der Waals surface area contributed by atoms with Crippen LogP contribution < -0.4 is 5.73 Å². The van der Waals surface area contributed by atoms with Gasteiger partial charge in [-0.05, 0) is 20.8 Å². The lowest BCUT2D eigenvalue weighted by atomic mass is 10.0. The van der Waals surface area contributed by atoms with Gasteiger partial charge in [-0.15, -0.1) is 24.8 Å². The SMILES string of the molecule is Cc1ccc(-c2noc(C(C)N3CCN(C(=O)C(C)C(C)N)CC3)n2)cc1.Cl.Cl. The minimum atomic E-state index is -0.151. The highest BCUT2D eigenvalue weighted by Gasteiger charge is 2.30. The number of amides is 1. The van der Waals surface area contributed by atoms with Crippen LogP contribution in [0.1, 0.15) is 38.3 Å². The number of carbonyl (C=O) groups excluding carboxylic acids is 1. The Balaban J connectivity index is 0.00000210. The van der Waals surface area contributed by atoms with Crippen molar-refractivity contribution in [3.05, 3.63) is 35.7 Å². The minimum Gasteiger partial charge on any atom is -0.340 e. The Bertz CT molecular complexity index is 773. The van der Waals surface area contributed by atoms with Gasteiger partial charge in [0.05, 0.1) is 12.0 Å². The molecule has 7 nitrogen and oxygen atoms in total. The van der Waals surface area contributed by atoms with Gasteiger partial charge in [0, 0.05) is 37.8 Å². The maximum absolute atomic E-state index is 12.5. The number of rotatable bonds is 5. The van der Waals surface area contributed by atoms with Gasteiger partial charge in [0.1, 0.15) is 0 Å². The normalized spacial score (nSPS) is 17.6. The maximum atomic E-state index is 12.5. The first-order valence-corrected chi connectivity index (χ1v) is 9.56. The Morgan fingerprint density at radius 3 is 2.21 bits per heavy atom. The molecule has 29 heavy (non-hydrogen) atoms. The summed E-state index contributed by atoms with van der Waals surface area (Å²) in [7, 11) is 0. The lowest BCUT2D eigenvalue weighted by Gasteiger charge is -2.38. The standard InChI is InChI=1S/C20H29N5O2.2ClH/c1-13-5-7-17(8-6-13)18-22-19(27-23-18)16(4)24-9-11-25(12-10-24)20(26)14(2)15(3)21;;/h5-8,14-16H,9-12,21H2,1-4H3;2*1H. The summed E-state index contributed by atoms with van der Waals surface area (Å²) in [4.78, 5) is 21.2. The predicted octanol–water partition coefficient (Wildman–Crippen LogP) is 3.08. The Morgan fingerprint density at radius 2 is 1.66 bits per heavy atom. The van der Waals surface area contributed by atoms with Crippen molar-refractivity contribution in [2.45, 2.75) is 39.8 Å². The van der Waals surface area contributed by atoms with Gasteiger partial charge < -0.3 is 15.2 Å². The third-order valence-electron chi connectivity index (χ3n) is 5.46. The third-order valence-corrected chi connectivity index (χ3v) is 5.46. The van der Waals surface area contributed by atoms with Crippen LogP contribution >= 0.6 is 24.8 Å². The molecule has 162 valence electrons. The molecule has 0 spiro atoms. The lowest BCUT2D eigenvalue weighted by molar-refractivity contribution is -0.137. The van der Waals surface area contributed by atoms with E-state index < -0.39 is 0 Å². The van der Waals surface area contributed by atoms with Gasteiger partial charge in [0.15, 0.2) is 0 Å². The molecule has 1 aliphatic rings. The molecule has 1 amide bonds. The van der Waals surface area contributed by atoms with Gasteiger partial charge in [-0.2, -0.15) is 4.98 Å². The van der Waals surface area contributed by atoms with Crippen LogP contribution in [0.3, 0.4) is 0 Å². The largest absolute Gasteiger partial charge is 0.340 e. The second-order valence-corrected chi connectivity index (χ2v) is 7.51. The number of aryl methyl sites for hydroxylation is 1. The highest BCUT2D eigenvalue weighted by Crippen LogP contribution is 2.24. The number of piperazine rings is 1. The molecule has 0 radical (unpaired) electrons. The zero-order valence-corrected chi connectivity index (χ0v) is 19.0. The van der Waals surface area contributed by atoms with Crippen molar-refractivity contribution >= 4 is 30.7 Å². The average Bonchev–Trinajstić information content (AvgIpc) is 3.17. The lowest BCUT2D eigenvalue weighted by Crippen LogP contribution is -2.52. The van der Waals surface area contributed by atoms with Gasteiger partial charge in [-0.25, -0.2) is 0 Å². The molecule has 3 rings (SSSR count). The van der Waals surface area contributed by atoms with Crippen LogP contribution in [0, 0.1) is 12.8 Å². The molecule has 2 heterocycles. The van der Waals surface area contributed by atoms with Gasteiger partial charge in [-0.1, -0.05) is 41.9 Å². The summed E-state index contributed by atoms with van der Waals surface area (Å²) >= 11 is 0. The first-order valence-electron chi connectivity index (χ1n) is 9.56. The number of hydrogen-bond acceptors (Lipinski definition) is 6. The molecule has 2 aromatic rings. The molecule has 0 saturated carbocycles. The van der Waals surface area contributed by atoms with Crippen LogP contribution in [0.25, 0.3) is 11.4 Å². The smallest absolute Gasteiger partial charge is 0.244 e.